The smallest absolute Gasteiger partial charge is 0.226 e. The molecule has 3 heterocycles. The van der Waals surface area contributed by atoms with Crippen LogP contribution in [0, 0.1) is 5.92 Å². The highest BCUT2D eigenvalue weighted by Gasteiger charge is 2.22. The van der Waals surface area contributed by atoms with Crippen LogP contribution in [0.3, 0.4) is 0 Å². The molecule has 1 aliphatic rings. The first-order chi connectivity index (χ1) is 9.31. The molecule has 0 unspecified atom stereocenters. The van der Waals surface area contributed by atoms with E-state index >= 15 is 0 Å². The van der Waals surface area contributed by atoms with Crippen LogP contribution in [-0.4, -0.2) is 52.0 Å². The van der Waals surface area contributed by atoms with Gasteiger partial charge in [0.2, 0.25) is 5.95 Å². The van der Waals surface area contributed by atoms with E-state index in [1.165, 1.54) is 0 Å². The molecule has 0 bridgehead atoms. The van der Waals surface area contributed by atoms with Crippen LogP contribution in [0.15, 0.2) is 6.20 Å². The summed E-state index contributed by atoms with van der Waals surface area (Å²) in [6, 6.07) is 0. The average molecular weight is 262 g/mol. The van der Waals surface area contributed by atoms with Crippen molar-refractivity contribution in [3.8, 4) is 0 Å². The second-order valence-corrected chi connectivity index (χ2v) is 4.87. The van der Waals surface area contributed by atoms with Crippen molar-refractivity contribution in [1.82, 2.24) is 20.2 Å². The Morgan fingerprint density at radius 3 is 2.89 bits per heavy atom. The Hall–Kier alpha value is -1.89. The molecule has 0 saturated carbocycles. The van der Waals surface area contributed by atoms with E-state index in [-0.39, 0.29) is 6.61 Å². The fourth-order valence-electron chi connectivity index (χ4n) is 2.50. The van der Waals surface area contributed by atoms with Gasteiger partial charge >= 0.3 is 0 Å². The molecule has 0 amide bonds. The Morgan fingerprint density at radius 2 is 2.21 bits per heavy atom. The number of aromatic amines is 1. The molecule has 19 heavy (non-hydrogen) atoms. The first-order valence-electron chi connectivity index (χ1n) is 6.56. The lowest BCUT2D eigenvalue weighted by Gasteiger charge is -2.32. The number of nitrogens with one attached hydrogen (secondary N) is 2. The summed E-state index contributed by atoms with van der Waals surface area (Å²) in [4.78, 5) is 11.1. The number of H-pyrrole nitrogens is 1. The Morgan fingerprint density at radius 1 is 1.42 bits per heavy atom. The maximum absolute atomic E-state index is 9.20. The third kappa shape index (κ3) is 2.21. The summed E-state index contributed by atoms with van der Waals surface area (Å²) >= 11 is 0. The zero-order chi connectivity index (χ0) is 13.2. The van der Waals surface area contributed by atoms with Gasteiger partial charge in [0, 0.05) is 26.7 Å². The van der Waals surface area contributed by atoms with Crippen molar-refractivity contribution in [2.24, 2.45) is 5.92 Å². The highest BCUT2D eigenvalue weighted by Crippen LogP contribution is 2.27. The Balaban J connectivity index is 1.93. The second kappa shape index (κ2) is 5.00. The van der Waals surface area contributed by atoms with Gasteiger partial charge < -0.3 is 15.3 Å². The minimum Gasteiger partial charge on any atom is -0.396 e. The molecule has 2 aromatic rings. The largest absolute Gasteiger partial charge is 0.396 e. The van der Waals surface area contributed by atoms with Crippen LogP contribution in [0.2, 0.25) is 0 Å². The van der Waals surface area contributed by atoms with Gasteiger partial charge in [0.05, 0.1) is 11.6 Å². The topological polar surface area (TPSA) is 90.0 Å². The van der Waals surface area contributed by atoms with Crippen molar-refractivity contribution < 1.29 is 5.11 Å². The van der Waals surface area contributed by atoms with Crippen molar-refractivity contribution in [3.63, 3.8) is 0 Å². The summed E-state index contributed by atoms with van der Waals surface area (Å²) in [5.41, 5.74) is 0.749. The summed E-state index contributed by atoms with van der Waals surface area (Å²) in [6.07, 6.45) is 3.76. The number of fused-ring (bicyclic) bond motifs is 1. The molecule has 0 aliphatic carbocycles. The number of nitrogens with zero attached hydrogens (tertiary/aromatic N) is 4. The summed E-state index contributed by atoms with van der Waals surface area (Å²) in [5, 5.41) is 20.0. The van der Waals surface area contributed by atoms with Gasteiger partial charge in [0.1, 0.15) is 5.82 Å². The lowest BCUT2D eigenvalue weighted by molar-refractivity contribution is 0.203. The fourth-order valence-corrected chi connectivity index (χ4v) is 2.50. The molecular formula is C12H18N6O. The number of aliphatic hydroxyl groups excluding tert-OH is 1. The molecule has 1 aliphatic heterocycles. The van der Waals surface area contributed by atoms with Gasteiger partial charge in [-0.15, -0.1) is 0 Å². The van der Waals surface area contributed by atoms with E-state index in [0.29, 0.717) is 11.9 Å². The van der Waals surface area contributed by atoms with Gasteiger partial charge in [-0.25, -0.2) is 0 Å². The van der Waals surface area contributed by atoms with Gasteiger partial charge in [-0.05, 0) is 18.8 Å². The third-order valence-electron chi connectivity index (χ3n) is 3.69. The van der Waals surface area contributed by atoms with Crippen LogP contribution in [0.25, 0.3) is 11.0 Å². The number of hydrogen-bond donors (Lipinski definition) is 3. The molecule has 2 aromatic heterocycles. The summed E-state index contributed by atoms with van der Waals surface area (Å²) in [6.45, 7) is 2.10. The Bertz CT molecular complexity index is 560. The predicted octanol–water partition coefficient (Wildman–Crippen LogP) is 0.603. The molecule has 0 spiro atoms. The van der Waals surface area contributed by atoms with Gasteiger partial charge in [-0.2, -0.15) is 15.1 Å². The lowest BCUT2D eigenvalue weighted by Crippen LogP contribution is -2.35. The van der Waals surface area contributed by atoms with Crippen molar-refractivity contribution in [1.29, 1.82) is 0 Å². The SMILES string of the molecule is CNc1nc(N2CCC(CO)CC2)c2cn[nH]c2n1. The van der Waals surface area contributed by atoms with Crippen LogP contribution in [0.1, 0.15) is 12.8 Å². The minimum absolute atomic E-state index is 0.278. The van der Waals surface area contributed by atoms with E-state index in [9.17, 15) is 5.11 Å². The van der Waals surface area contributed by atoms with Gasteiger partial charge in [0.25, 0.3) is 0 Å². The number of aromatic nitrogens is 4. The van der Waals surface area contributed by atoms with Crippen molar-refractivity contribution in [2.75, 3.05) is 37.0 Å². The third-order valence-corrected chi connectivity index (χ3v) is 3.69. The molecule has 3 rings (SSSR count). The van der Waals surface area contributed by atoms with E-state index in [1.807, 2.05) is 0 Å². The molecule has 7 heteroatoms. The summed E-state index contributed by atoms with van der Waals surface area (Å²) in [7, 11) is 1.80. The molecule has 7 nitrogen and oxygen atoms in total. The molecule has 1 fully saturated rings. The minimum atomic E-state index is 0.278. The monoisotopic (exact) mass is 262 g/mol. The molecule has 0 radical (unpaired) electrons. The first kappa shape index (κ1) is 12.2. The van der Waals surface area contributed by atoms with Crippen LogP contribution >= 0.6 is 0 Å². The van der Waals surface area contributed by atoms with E-state index in [0.717, 1.165) is 42.8 Å². The lowest BCUT2D eigenvalue weighted by atomic mass is 9.98. The van der Waals surface area contributed by atoms with E-state index in [4.69, 9.17) is 0 Å². The zero-order valence-electron chi connectivity index (χ0n) is 10.9. The quantitative estimate of drug-likeness (QED) is 0.750. The second-order valence-electron chi connectivity index (χ2n) is 4.87. The van der Waals surface area contributed by atoms with E-state index < -0.39 is 0 Å². The number of piperidine rings is 1. The maximum atomic E-state index is 9.20. The van der Waals surface area contributed by atoms with Crippen LogP contribution < -0.4 is 10.2 Å². The average Bonchev–Trinajstić information content (AvgIpc) is 2.94. The molecular weight excluding hydrogens is 244 g/mol. The molecule has 3 N–H and O–H groups in total. The standard InChI is InChI=1S/C12H18N6O/c1-13-12-15-10-9(6-14-17-10)11(16-12)18-4-2-8(7-19)3-5-18/h6,8,19H,2-5,7H2,1H3,(H2,13,14,15,16,17). The van der Waals surface area contributed by atoms with Gasteiger partial charge in [-0.3, -0.25) is 5.10 Å². The fraction of sp³-hybridized carbons (Fsp3) is 0.583. The molecule has 0 aromatic carbocycles. The maximum Gasteiger partial charge on any atom is 0.226 e. The summed E-state index contributed by atoms with van der Waals surface area (Å²) in [5.74, 6) is 1.93. The van der Waals surface area contributed by atoms with Gasteiger partial charge in [0.15, 0.2) is 5.65 Å². The number of aliphatic hydroxyl groups is 1. The van der Waals surface area contributed by atoms with E-state index in [1.54, 1.807) is 13.2 Å². The number of rotatable bonds is 3. The van der Waals surface area contributed by atoms with Gasteiger partial charge in [-0.1, -0.05) is 0 Å². The van der Waals surface area contributed by atoms with Crippen molar-refractivity contribution in [2.45, 2.75) is 12.8 Å². The Kier molecular flexibility index (Phi) is 3.20. The normalized spacial score (nSPS) is 17.1. The Labute approximate surface area is 111 Å². The van der Waals surface area contributed by atoms with Crippen LogP contribution in [-0.2, 0) is 0 Å². The van der Waals surface area contributed by atoms with Crippen LogP contribution in [0.4, 0.5) is 11.8 Å². The highest BCUT2D eigenvalue weighted by molar-refractivity contribution is 5.87. The van der Waals surface area contributed by atoms with Crippen molar-refractivity contribution in [3.05, 3.63) is 6.20 Å². The summed E-state index contributed by atoms with van der Waals surface area (Å²) < 4.78 is 0. The zero-order valence-corrected chi connectivity index (χ0v) is 10.9. The van der Waals surface area contributed by atoms with Crippen LogP contribution in [0.5, 0.6) is 0 Å². The first-order valence-corrected chi connectivity index (χ1v) is 6.56. The predicted molar refractivity (Wildman–Crippen MR) is 73.3 cm³/mol. The number of anilines is 2. The van der Waals surface area contributed by atoms with Crippen molar-refractivity contribution >= 4 is 22.8 Å². The number of hydrogen-bond acceptors (Lipinski definition) is 6. The molecule has 102 valence electrons. The molecule has 1 saturated heterocycles. The van der Waals surface area contributed by atoms with E-state index in [2.05, 4.69) is 30.4 Å². The molecule has 0 atom stereocenters. The highest BCUT2D eigenvalue weighted by atomic mass is 16.3.